The molecule has 0 radical (unpaired) electrons. The zero-order chi connectivity index (χ0) is 12.7. The fourth-order valence-electron chi connectivity index (χ4n) is 1.62. The van der Waals surface area contributed by atoms with Crippen molar-refractivity contribution in [1.29, 1.82) is 0 Å². The van der Waals surface area contributed by atoms with Crippen LogP contribution in [0.4, 0.5) is 13.2 Å². The number of benzene rings is 1. The Bertz CT molecular complexity index is 429. The van der Waals surface area contributed by atoms with Gasteiger partial charge < -0.3 is 10.1 Å². The van der Waals surface area contributed by atoms with Crippen LogP contribution in [-0.2, 0) is 6.18 Å². The van der Waals surface area contributed by atoms with Crippen LogP contribution < -0.4 is 10.1 Å². The molecule has 17 heavy (non-hydrogen) atoms. The molecule has 0 aromatic heterocycles. The fourth-order valence-corrected chi connectivity index (χ4v) is 1.84. The van der Waals surface area contributed by atoms with Crippen molar-refractivity contribution in [2.24, 2.45) is 0 Å². The predicted octanol–water partition coefficient (Wildman–Crippen LogP) is 3.10. The summed E-state index contributed by atoms with van der Waals surface area (Å²) in [6, 6.07) is 3.24. The van der Waals surface area contributed by atoms with Gasteiger partial charge in [-0.05, 0) is 25.1 Å². The van der Waals surface area contributed by atoms with E-state index < -0.39 is 17.3 Å². The van der Waals surface area contributed by atoms with Crippen molar-refractivity contribution in [3.63, 3.8) is 0 Å². The van der Waals surface area contributed by atoms with Crippen LogP contribution in [0, 0.1) is 0 Å². The van der Waals surface area contributed by atoms with Crippen molar-refractivity contribution in [3.05, 3.63) is 28.8 Å². The summed E-state index contributed by atoms with van der Waals surface area (Å²) in [6.45, 7) is 3.05. The minimum Gasteiger partial charge on any atom is -0.485 e. The van der Waals surface area contributed by atoms with Crippen LogP contribution in [0.15, 0.2) is 18.2 Å². The maximum Gasteiger partial charge on any atom is 0.416 e. The second-order valence-corrected chi connectivity index (χ2v) is 4.77. The van der Waals surface area contributed by atoms with Gasteiger partial charge in [-0.1, -0.05) is 11.6 Å². The maximum absolute atomic E-state index is 12.6. The summed E-state index contributed by atoms with van der Waals surface area (Å²) < 4.78 is 43.2. The summed E-state index contributed by atoms with van der Waals surface area (Å²) in [5.41, 5.74) is -1.25. The zero-order valence-corrected chi connectivity index (χ0v) is 9.82. The van der Waals surface area contributed by atoms with E-state index in [-0.39, 0.29) is 10.8 Å². The largest absolute Gasteiger partial charge is 0.485 e. The molecular weight excluding hydrogens is 255 g/mol. The Morgan fingerprint density at radius 1 is 1.29 bits per heavy atom. The molecule has 1 aliphatic rings. The summed E-state index contributed by atoms with van der Waals surface area (Å²) in [4.78, 5) is 0. The minimum absolute atomic E-state index is 0.0192. The van der Waals surface area contributed by atoms with Gasteiger partial charge in [0.1, 0.15) is 11.4 Å². The molecule has 1 N–H and O–H groups in total. The molecule has 0 atom stereocenters. The zero-order valence-electron chi connectivity index (χ0n) is 9.07. The van der Waals surface area contributed by atoms with Gasteiger partial charge >= 0.3 is 6.18 Å². The Morgan fingerprint density at radius 3 is 2.41 bits per heavy atom. The third-order valence-corrected chi connectivity index (χ3v) is 2.78. The Kier molecular flexibility index (Phi) is 2.99. The fraction of sp³-hybridized carbons (Fsp3) is 0.455. The topological polar surface area (TPSA) is 21.3 Å². The normalized spacial score (nSPS) is 18.6. The summed E-state index contributed by atoms with van der Waals surface area (Å²) in [5, 5.41) is 3.02. The van der Waals surface area contributed by atoms with Crippen LogP contribution in [0.2, 0.25) is 5.02 Å². The molecule has 1 aliphatic heterocycles. The lowest BCUT2D eigenvalue weighted by atomic mass is 10.00. The van der Waals surface area contributed by atoms with E-state index in [9.17, 15) is 13.2 Å². The van der Waals surface area contributed by atoms with E-state index in [0.717, 1.165) is 12.1 Å². The molecule has 1 fully saturated rings. The van der Waals surface area contributed by atoms with Crippen LogP contribution in [0.1, 0.15) is 12.5 Å². The van der Waals surface area contributed by atoms with Crippen LogP contribution in [-0.4, -0.2) is 18.7 Å². The SMILES string of the molecule is CC1(Oc2cc(Cl)cc(C(F)(F)F)c2)CNC1. The molecule has 1 aromatic rings. The van der Waals surface area contributed by atoms with Crippen LogP contribution in [0.25, 0.3) is 0 Å². The van der Waals surface area contributed by atoms with Crippen molar-refractivity contribution in [2.75, 3.05) is 13.1 Å². The molecule has 0 unspecified atom stereocenters. The maximum atomic E-state index is 12.6. The number of rotatable bonds is 2. The Hall–Kier alpha value is -0.940. The van der Waals surface area contributed by atoms with Gasteiger partial charge in [-0.25, -0.2) is 0 Å². The summed E-state index contributed by atoms with van der Waals surface area (Å²) in [5.74, 6) is 0.147. The molecule has 0 saturated carbocycles. The van der Waals surface area contributed by atoms with Crippen molar-refractivity contribution in [3.8, 4) is 5.75 Å². The lowest BCUT2D eigenvalue weighted by Crippen LogP contribution is -2.61. The van der Waals surface area contributed by atoms with E-state index in [1.54, 1.807) is 0 Å². The lowest BCUT2D eigenvalue weighted by Gasteiger charge is -2.39. The van der Waals surface area contributed by atoms with Crippen molar-refractivity contribution < 1.29 is 17.9 Å². The van der Waals surface area contributed by atoms with Crippen molar-refractivity contribution in [1.82, 2.24) is 5.32 Å². The van der Waals surface area contributed by atoms with Gasteiger partial charge in [-0.15, -0.1) is 0 Å². The van der Waals surface area contributed by atoms with Gasteiger partial charge in [0.25, 0.3) is 0 Å². The molecule has 0 spiro atoms. The highest BCUT2D eigenvalue weighted by Gasteiger charge is 2.35. The Labute approximate surface area is 102 Å². The number of alkyl halides is 3. The minimum atomic E-state index is -4.41. The van der Waals surface area contributed by atoms with E-state index in [0.29, 0.717) is 13.1 Å². The Balaban J connectivity index is 2.25. The molecule has 6 heteroatoms. The van der Waals surface area contributed by atoms with Gasteiger partial charge in [0.05, 0.1) is 5.56 Å². The number of ether oxygens (including phenoxy) is 1. The molecule has 0 bridgehead atoms. The summed E-state index contributed by atoms with van der Waals surface area (Å²) in [7, 11) is 0. The second kappa shape index (κ2) is 4.07. The molecule has 0 aliphatic carbocycles. The monoisotopic (exact) mass is 265 g/mol. The molecule has 94 valence electrons. The van der Waals surface area contributed by atoms with E-state index in [1.807, 2.05) is 6.92 Å². The van der Waals surface area contributed by atoms with E-state index in [1.165, 1.54) is 6.07 Å². The molecule has 1 heterocycles. The molecule has 0 amide bonds. The lowest BCUT2D eigenvalue weighted by molar-refractivity contribution is -0.137. The van der Waals surface area contributed by atoms with Crippen molar-refractivity contribution >= 4 is 11.6 Å². The number of hydrogen-bond donors (Lipinski definition) is 1. The molecule has 1 aromatic carbocycles. The molecule has 1 saturated heterocycles. The van der Waals surface area contributed by atoms with Gasteiger partial charge in [0, 0.05) is 18.1 Å². The highest BCUT2D eigenvalue weighted by atomic mass is 35.5. The summed E-state index contributed by atoms with van der Waals surface area (Å²) >= 11 is 5.65. The van der Waals surface area contributed by atoms with Crippen molar-refractivity contribution in [2.45, 2.75) is 18.7 Å². The summed E-state index contributed by atoms with van der Waals surface area (Å²) in [6.07, 6.45) is -4.41. The van der Waals surface area contributed by atoms with Crippen LogP contribution in [0.3, 0.4) is 0 Å². The third kappa shape index (κ3) is 2.84. The van der Waals surface area contributed by atoms with E-state index >= 15 is 0 Å². The van der Waals surface area contributed by atoms with Crippen LogP contribution in [0.5, 0.6) is 5.75 Å². The number of nitrogens with one attached hydrogen (secondary N) is 1. The third-order valence-electron chi connectivity index (χ3n) is 2.56. The first-order chi connectivity index (χ1) is 7.78. The van der Waals surface area contributed by atoms with E-state index in [4.69, 9.17) is 16.3 Å². The predicted molar refractivity (Wildman–Crippen MR) is 58.4 cm³/mol. The van der Waals surface area contributed by atoms with Gasteiger partial charge in [0.15, 0.2) is 0 Å². The average molecular weight is 266 g/mol. The van der Waals surface area contributed by atoms with E-state index in [2.05, 4.69) is 5.32 Å². The average Bonchev–Trinajstić information content (AvgIpc) is 2.13. The number of hydrogen-bond acceptors (Lipinski definition) is 2. The first-order valence-corrected chi connectivity index (χ1v) is 5.44. The van der Waals surface area contributed by atoms with Gasteiger partial charge in [0.2, 0.25) is 0 Å². The first-order valence-electron chi connectivity index (χ1n) is 5.06. The van der Waals surface area contributed by atoms with Gasteiger partial charge in [-0.2, -0.15) is 13.2 Å². The smallest absolute Gasteiger partial charge is 0.416 e. The first kappa shape index (κ1) is 12.5. The molecular formula is C11H11ClF3NO. The molecule has 2 rings (SSSR count). The highest BCUT2D eigenvalue weighted by Crippen LogP contribution is 2.35. The Morgan fingerprint density at radius 2 is 1.94 bits per heavy atom. The highest BCUT2D eigenvalue weighted by molar-refractivity contribution is 6.30. The van der Waals surface area contributed by atoms with Gasteiger partial charge in [-0.3, -0.25) is 0 Å². The van der Waals surface area contributed by atoms with Crippen LogP contribution >= 0.6 is 11.6 Å². The second-order valence-electron chi connectivity index (χ2n) is 4.33. The standard InChI is InChI=1S/C11H11ClF3NO/c1-10(5-16-6-10)17-9-3-7(11(13,14)15)2-8(12)4-9/h2-4,16H,5-6H2,1H3. The number of halogens is 4. The quantitative estimate of drug-likeness (QED) is 0.887. The molecule has 2 nitrogen and oxygen atoms in total.